The molecule has 0 aliphatic carbocycles. The third kappa shape index (κ3) is 5.40. The molecule has 1 aliphatic rings. The molecule has 1 heterocycles. The number of likely N-dealkylation sites (tertiary alicyclic amines) is 1. The number of alkyl halides is 2. The molecule has 7 nitrogen and oxygen atoms in total. The van der Waals surface area contributed by atoms with E-state index in [-0.39, 0.29) is 17.9 Å². The Labute approximate surface area is 161 Å². The molecule has 2 amide bonds. The molecular weight excluding hydrogens is 374 g/mol. The molecule has 9 heteroatoms. The van der Waals surface area contributed by atoms with Crippen molar-refractivity contribution in [3.63, 3.8) is 0 Å². The van der Waals surface area contributed by atoms with Crippen LogP contribution in [0.25, 0.3) is 0 Å². The monoisotopic (exact) mass is 398 g/mol. The molecule has 0 radical (unpaired) electrons. The minimum Gasteiger partial charge on any atom is -0.481 e. The normalized spacial score (nSPS) is 17.4. The fourth-order valence-corrected chi connectivity index (χ4v) is 3.28. The molecule has 0 spiro atoms. The fourth-order valence-electron chi connectivity index (χ4n) is 3.28. The van der Waals surface area contributed by atoms with Gasteiger partial charge in [-0.15, -0.1) is 0 Å². The first-order chi connectivity index (χ1) is 13.3. The van der Waals surface area contributed by atoms with E-state index in [9.17, 15) is 28.3 Å². The predicted molar refractivity (Wildman–Crippen MR) is 96.2 cm³/mol. The summed E-state index contributed by atoms with van der Waals surface area (Å²) >= 11 is 0. The number of ether oxygens (including phenoxy) is 1. The average Bonchev–Trinajstić information content (AvgIpc) is 3.14. The number of nitrogens with zero attached hydrogens (tertiary/aromatic N) is 1. The van der Waals surface area contributed by atoms with Gasteiger partial charge in [-0.2, -0.15) is 8.78 Å². The number of halogens is 2. The van der Waals surface area contributed by atoms with Crippen LogP contribution in [0, 0.1) is 5.92 Å². The number of rotatable bonds is 9. The summed E-state index contributed by atoms with van der Waals surface area (Å²) in [6, 6.07) is 4.87. The SMILES string of the molecule is CCCC(CNC(=O)C1CCCN1C(=O)c1ccccc1OC(F)F)C(=O)O. The number of carboxylic acids is 1. The van der Waals surface area contributed by atoms with Crippen molar-refractivity contribution in [3.05, 3.63) is 29.8 Å². The molecule has 1 saturated heterocycles. The summed E-state index contributed by atoms with van der Waals surface area (Å²) in [5.41, 5.74) is -0.0445. The van der Waals surface area contributed by atoms with Crippen LogP contribution >= 0.6 is 0 Å². The highest BCUT2D eigenvalue weighted by molar-refractivity contribution is 6.00. The first-order valence-corrected chi connectivity index (χ1v) is 9.20. The number of amides is 2. The van der Waals surface area contributed by atoms with Crippen molar-refractivity contribution < 1.29 is 33.0 Å². The molecule has 1 fully saturated rings. The van der Waals surface area contributed by atoms with Crippen LogP contribution in [0.3, 0.4) is 0 Å². The minimum absolute atomic E-state index is 0.0222. The highest BCUT2D eigenvalue weighted by Gasteiger charge is 2.36. The molecule has 0 bridgehead atoms. The van der Waals surface area contributed by atoms with Crippen molar-refractivity contribution in [1.29, 1.82) is 0 Å². The lowest BCUT2D eigenvalue weighted by molar-refractivity contribution is -0.142. The summed E-state index contributed by atoms with van der Waals surface area (Å²) in [6.45, 7) is -0.935. The first-order valence-electron chi connectivity index (χ1n) is 9.20. The summed E-state index contributed by atoms with van der Waals surface area (Å²) < 4.78 is 29.6. The van der Waals surface area contributed by atoms with Crippen molar-refractivity contribution in [2.24, 2.45) is 5.92 Å². The molecule has 154 valence electrons. The maximum Gasteiger partial charge on any atom is 0.387 e. The molecule has 1 aliphatic heterocycles. The predicted octanol–water partition coefficient (Wildman–Crippen LogP) is 2.51. The second-order valence-corrected chi connectivity index (χ2v) is 6.60. The smallest absolute Gasteiger partial charge is 0.387 e. The Kier molecular flexibility index (Phi) is 7.71. The van der Waals surface area contributed by atoms with Crippen LogP contribution in [-0.2, 0) is 9.59 Å². The van der Waals surface area contributed by atoms with Crippen molar-refractivity contribution in [2.75, 3.05) is 13.1 Å². The van der Waals surface area contributed by atoms with Crippen molar-refractivity contribution in [2.45, 2.75) is 45.3 Å². The van der Waals surface area contributed by atoms with E-state index in [0.29, 0.717) is 32.2 Å². The van der Waals surface area contributed by atoms with Crippen LogP contribution < -0.4 is 10.1 Å². The van der Waals surface area contributed by atoms with Gasteiger partial charge in [0.15, 0.2) is 0 Å². The summed E-state index contributed by atoms with van der Waals surface area (Å²) in [5, 5.41) is 11.8. The van der Waals surface area contributed by atoms with Gasteiger partial charge in [-0.3, -0.25) is 14.4 Å². The Hall–Kier alpha value is -2.71. The molecule has 2 unspecified atom stereocenters. The molecule has 1 aromatic rings. The van der Waals surface area contributed by atoms with Gasteiger partial charge < -0.3 is 20.1 Å². The second kappa shape index (κ2) is 10.0. The van der Waals surface area contributed by atoms with Gasteiger partial charge in [-0.25, -0.2) is 0 Å². The van der Waals surface area contributed by atoms with E-state index in [1.165, 1.54) is 29.2 Å². The number of carbonyl (C=O) groups excluding carboxylic acids is 2. The van der Waals surface area contributed by atoms with Gasteiger partial charge in [0.25, 0.3) is 5.91 Å². The number of carboxylic acid groups (broad SMARTS) is 1. The van der Waals surface area contributed by atoms with Gasteiger partial charge in [0.2, 0.25) is 5.91 Å². The van der Waals surface area contributed by atoms with E-state index in [0.717, 1.165) is 0 Å². The van der Waals surface area contributed by atoms with Gasteiger partial charge in [0, 0.05) is 13.1 Å². The maximum absolute atomic E-state index is 12.8. The number of nitrogens with one attached hydrogen (secondary N) is 1. The first kappa shape index (κ1) is 21.6. The molecule has 0 saturated carbocycles. The van der Waals surface area contributed by atoms with Gasteiger partial charge in [-0.1, -0.05) is 25.5 Å². The molecule has 2 atom stereocenters. The van der Waals surface area contributed by atoms with Gasteiger partial charge >= 0.3 is 12.6 Å². The Morgan fingerprint density at radius 1 is 1.32 bits per heavy atom. The molecule has 2 N–H and O–H groups in total. The Balaban J connectivity index is 2.09. The zero-order valence-electron chi connectivity index (χ0n) is 15.6. The molecule has 28 heavy (non-hydrogen) atoms. The standard InChI is InChI=1S/C19H24F2N2O5/c1-2-6-12(18(26)27)11-22-16(24)14-8-5-10-23(14)17(25)13-7-3-4-9-15(13)28-19(20)21/h3-4,7,9,12,14,19H,2,5-6,8,10-11H2,1H3,(H,22,24)(H,26,27). The lowest BCUT2D eigenvalue weighted by Gasteiger charge is -2.25. The summed E-state index contributed by atoms with van der Waals surface area (Å²) in [7, 11) is 0. The Bertz CT molecular complexity index is 713. The number of carbonyl (C=O) groups is 3. The maximum atomic E-state index is 12.8. The largest absolute Gasteiger partial charge is 0.481 e. The van der Waals surface area contributed by atoms with Crippen LogP contribution in [-0.4, -0.2) is 53.5 Å². The van der Waals surface area contributed by atoms with Crippen molar-refractivity contribution in [1.82, 2.24) is 10.2 Å². The Morgan fingerprint density at radius 3 is 2.68 bits per heavy atom. The van der Waals surface area contributed by atoms with Crippen LogP contribution in [0.4, 0.5) is 8.78 Å². The van der Waals surface area contributed by atoms with E-state index in [1.807, 2.05) is 6.92 Å². The summed E-state index contributed by atoms with van der Waals surface area (Å²) in [4.78, 5) is 37.9. The quantitative estimate of drug-likeness (QED) is 0.666. The van der Waals surface area contributed by atoms with Crippen LogP contribution in [0.1, 0.15) is 43.0 Å². The van der Waals surface area contributed by atoms with Gasteiger partial charge in [0.1, 0.15) is 11.8 Å². The van der Waals surface area contributed by atoms with Crippen molar-refractivity contribution in [3.8, 4) is 5.75 Å². The highest BCUT2D eigenvalue weighted by Crippen LogP contribution is 2.26. The molecule has 1 aromatic carbocycles. The number of benzene rings is 1. The number of aliphatic carboxylic acids is 1. The zero-order valence-corrected chi connectivity index (χ0v) is 15.6. The van der Waals surface area contributed by atoms with Crippen LogP contribution in [0.5, 0.6) is 5.75 Å². The summed E-state index contributed by atoms with van der Waals surface area (Å²) in [6.07, 6.45) is 2.10. The van der Waals surface area contributed by atoms with E-state index < -0.39 is 36.4 Å². The summed E-state index contributed by atoms with van der Waals surface area (Å²) in [5.74, 6) is -2.94. The molecular formula is C19H24F2N2O5. The Morgan fingerprint density at radius 2 is 2.04 bits per heavy atom. The highest BCUT2D eigenvalue weighted by atomic mass is 19.3. The second-order valence-electron chi connectivity index (χ2n) is 6.60. The lowest BCUT2D eigenvalue weighted by atomic mass is 10.0. The number of hydrogen-bond acceptors (Lipinski definition) is 4. The van der Waals surface area contributed by atoms with Crippen molar-refractivity contribution >= 4 is 17.8 Å². The number of para-hydroxylation sites is 1. The average molecular weight is 398 g/mol. The van der Waals surface area contributed by atoms with E-state index >= 15 is 0 Å². The van der Waals surface area contributed by atoms with Gasteiger partial charge in [0.05, 0.1) is 11.5 Å². The van der Waals surface area contributed by atoms with Crippen LogP contribution in [0.2, 0.25) is 0 Å². The number of hydrogen-bond donors (Lipinski definition) is 2. The third-order valence-electron chi connectivity index (χ3n) is 4.66. The van der Waals surface area contributed by atoms with E-state index in [2.05, 4.69) is 10.1 Å². The third-order valence-corrected chi connectivity index (χ3v) is 4.66. The molecule has 0 aromatic heterocycles. The topological polar surface area (TPSA) is 95.9 Å². The van der Waals surface area contributed by atoms with E-state index in [4.69, 9.17) is 0 Å². The minimum atomic E-state index is -3.07. The fraction of sp³-hybridized carbons (Fsp3) is 0.526. The van der Waals surface area contributed by atoms with Gasteiger partial charge in [-0.05, 0) is 31.4 Å². The lowest BCUT2D eigenvalue weighted by Crippen LogP contribution is -2.47. The zero-order chi connectivity index (χ0) is 20.7. The molecule has 2 rings (SSSR count). The van der Waals surface area contributed by atoms with Crippen LogP contribution in [0.15, 0.2) is 24.3 Å². The van der Waals surface area contributed by atoms with E-state index in [1.54, 1.807) is 0 Å².